The average molecular weight is 413 g/mol. The van der Waals surface area contributed by atoms with E-state index in [1.54, 1.807) is 42.8 Å². The molecule has 0 fully saturated rings. The Morgan fingerprint density at radius 1 is 1.18 bits per heavy atom. The van der Waals surface area contributed by atoms with Crippen LogP contribution in [0.4, 0.5) is 13.2 Å². The van der Waals surface area contributed by atoms with Crippen molar-refractivity contribution >= 4 is 38.5 Å². The fourth-order valence-electron chi connectivity index (χ4n) is 2.49. The molecule has 2 aromatic rings. The number of hydrogen-bond donors (Lipinski definition) is 1. The molecule has 9 heteroatoms. The van der Waals surface area contributed by atoms with E-state index >= 15 is 0 Å². The number of halogens is 3. The molecule has 1 aliphatic rings. The molecule has 0 spiro atoms. The largest absolute Gasteiger partial charge is 0.516 e. The standard InChI is InChI=1S/C13H8F3NO2S.C6H10O2/c14-13(15,16)20(18,19)17-11-7-9-5-1-3-8-4-2-6-10(11)12(8)9;1-4-8-6(7)5(2)3/h1-7,17H;2,4H2,1,3H3. The molecule has 0 atom stereocenters. The molecule has 0 saturated carbocycles. The molecule has 0 amide bonds. The van der Waals surface area contributed by atoms with Gasteiger partial charge in [-0.3, -0.25) is 4.72 Å². The van der Waals surface area contributed by atoms with Gasteiger partial charge in [0.1, 0.15) is 0 Å². The second kappa shape index (κ2) is 8.05. The summed E-state index contributed by atoms with van der Waals surface area (Å²) in [5.41, 5.74) is -3.80. The number of alkyl halides is 3. The van der Waals surface area contributed by atoms with Gasteiger partial charge in [-0.05, 0) is 36.3 Å². The number of carbonyl (C=O) groups excluding carboxylic acids is 1. The van der Waals surface area contributed by atoms with Crippen molar-refractivity contribution in [3.63, 3.8) is 0 Å². The van der Waals surface area contributed by atoms with E-state index in [9.17, 15) is 26.4 Å². The maximum absolute atomic E-state index is 12.4. The molecule has 5 nitrogen and oxygen atoms in total. The van der Waals surface area contributed by atoms with E-state index in [-0.39, 0.29) is 11.7 Å². The molecule has 0 aliphatic heterocycles. The Balaban J connectivity index is 0.000000300. The first-order chi connectivity index (χ1) is 13.0. The van der Waals surface area contributed by atoms with E-state index in [1.165, 1.54) is 6.08 Å². The zero-order valence-corrected chi connectivity index (χ0v) is 15.9. The average Bonchev–Trinajstić information content (AvgIpc) is 2.94. The Labute approximate surface area is 160 Å². The highest BCUT2D eigenvalue weighted by molar-refractivity contribution is 7.90. The SMILES string of the molecule is C=C(C)C(=O)OCC.O=S(=O)(NC1=Cc2cccc3cccc1c23)C(F)(F)F. The number of hydrogen-bond acceptors (Lipinski definition) is 4. The first-order valence-electron chi connectivity index (χ1n) is 8.13. The van der Waals surface area contributed by atoms with Crippen molar-refractivity contribution in [2.75, 3.05) is 6.61 Å². The van der Waals surface area contributed by atoms with E-state index in [1.807, 2.05) is 12.1 Å². The van der Waals surface area contributed by atoms with Gasteiger partial charge in [0.15, 0.2) is 0 Å². The van der Waals surface area contributed by atoms with Crippen LogP contribution in [0.5, 0.6) is 0 Å². The smallest absolute Gasteiger partial charge is 0.463 e. The predicted octanol–water partition coefficient (Wildman–Crippen LogP) is 4.22. The highest BCUT2D eigenvalue weighted by Gasteiger charge is 2.46. The van der Waals surface area contributed by atoms with Crippen LogP contribution in [0.2, 0.25) is 0 Å². The predicted molar refractivity (Wildman–Crippen MR) is 101 cm³/mol. The molecule has 28 heavy (non-hydrogen) atoms. The van der Waals surface area contributed by atoms with Crippen molar-refractivity contribution in [3.05, 3.63) is 59.7 Å². The first-order valence-corrected chi connectivity index (χ1v) is 9.61. The number of benzene rings is 2. The fourth-order valence-corrected chi connectivity index (χ4v) is 3.06. The second-order valence-corrected chi connectivity index (χ2v) is 7.53. The van der Waals surface area contributed by atoms with Gasteiger partial charge in [0, 0.05) is 11.1 Å². The molecule has 3 rings (SSSR count). The zero-order chi connectivity index (χ0) is 21.1. The van der Waals surface area contributed by atoms with Crippen molar-refractivity contribution in [2.45, 2.75) is 19.4 Å². The molecule has 2 aromatic carbocycles. The molecule has 0 bridgehead atoms. The summed E-state index contributed by atoms with van der Waals surface area (Å²) in [6.45, 7) is 7.21. The van der Waals surface area contributed by atoms with Crippen LogP contribution in [0.3, 0.4) is 0 Å². The lowest BCUT2D eigenvalue weighted by Gasteiger charge is -2.12. The maximum Gasteiger partial charge on any atom is 0.516 e. The van der Waals surface area contributed by atoms with Crippen molar-refractivity contribution in [1.82, 2.24) is 4.72 Å². The van der Waals surface area contributed by atoms with Crippen LogP contribution in [0.15, 0.2) is 48.6 Å². The number of esters is 1. The van der Waals surface area contributed by atoms with Crippen LogP contribution in [0, 0.1) is 0 Å². The lowest BCUT2D eigenvalue weighted by atomic mass is 10.0. The molecule has 0 aromatic heterocycles. The van der Waals surface area contributed by atoms with Crippen LogP contribution in [-0.2, 0) is 19.6 Å². The Morgan fingerprint density at radius 3 is 2.29 bits per heavy atom. The fraction of sp³-hybridized carbons (Fsp3) is 0.211. The van der Waals surface area contributed by atoms with Gasteiger partial charge in [0.25, 0.3) is 0 Å². The minimum Gasteiger partial charge on any atom is -0.463 e. The Kier molecular flexibility index (Phi) is 6.18. The molecule has 0 heterocycles. The highest BCUT2D eigenvalue weighted by Crippen LogP contribution is 2.36. The topological polar surface area (TPSA) is 72.5 Å². The Bertz CT molecular complexity index is 1050. The lowest BCUT2D eigenvalue weighted by molar-refractivity contribution is -0.138. The van der Waals surface area contributed by atoms with Crippen molar-refractivity contribution in [3.8, 4) is 0 Å². The van der Waals surface area contributed by atoms with E-state index < -0.39 is 15.5 Å². The van der Waals surface area contributed by atoms with Gasteiger partial charge in [-0.1, -0.05) is 43.0 Å². The summed E-state index contributed by atoms with van der Waals surface area (Å²) in [6.07, 6.45) is 1.40. The van der Waals surface area contributed by atoms with Gasteiger partial charge in [0.2, 0.25) is 0 Å². The van der Waals surface area contributed by atoms with Gasteiger partial charge in [-0.2, -0.15) is 21.6 Å². The third-order valence-corrected chi connectivity index (χ3v) is 4.80. The Morgan fingerprint density at radius 2 is 1.79 bits per heavy atom. The number of nitrogens with one attached hydrogen (secondary N) is 1. The molecule has 0 unspecified atom stereocenters. The Hall–Kier alpha value is -2.81. The van der Waals surface area contributed by atoms with Crippen LogP contribution < -0.4 is 4.72 Å². The molecule has 1 aliphatic carbocycles. The summed E-state index contributed by atoms with van der Waals surface area (Å²) in [6, 6.07) is 10.4. The normalized spacial score (nSPS) is 12.7. The van der Waals surface area contributed by atoms with Gasteiger partial charge in [-0.15, -0.1) is 0 Å². The van der Waals surface area contributed by atoms with Crippen LogP contribution >= 0.6 is 0 Å². The zero-order valence-electron chi connectivity index (χ0n) is 15.1. The van der Waals surface area contributed by atoms with Gasteiger partial charge in [0.05, 0.1) is 12.3 Å². The minimum atomic E-state index is -5.41. The highest BCUT2D eigenvalue weighted by atomic mass is 32.2. The van der Waals surface area contributed by atoms with E-state index in [0.29, 0.717) is 23.3 Å². The third-order valence-electron chi connectivity index (χ3n) is 3.70. The van der Waals surface area contributed by atoms with Crippen molar-refractivity contribution in [1.29, 1.82) is 0 Å². The molecule has 150 valence electrons. The second-order valence-electron chi connectivity index (χ2n) is 5.86. The van der Waals surface area contributed by atoms with Crippen molar-refractivity contribution in [2.24, 2.45) is 0 Å². The summed E-state index contributed by atoms with van der Waals surface area (Å²) in [5.74, 6) is -0.312. The minimum absolute atomic E-state index is 0.0610. The monoisotopic (exact) mass is 413 g/mol. The number of ether oxygens (including phenoxy) is 1. The van der Waals surface area contributed by atoms with Crippen LogP contribution in [0.1, 0.15) is 25.0 Å². The molecule has 1 N–H and O–H groups in total. The molecular formula is C19H18F3NO4S. The van der Waals surface area contributed by atoms with Gasteiger partial charge >= 0.3 is 21.5 Å². The number of sulfonamides is 1. The van der Waals surface area contributed by atoms with Crippen LogP contribution in [-0.4, -0.2) is 26.5 Å². The van der Waals surface area contributed by atoms with E-state index in [0.717, 1.165) is 10.8 Å². The van der Waals surface area contributed by atoms with Crippen molar-refractivity contribution < 1.29 is 31.1 Å². The quantitative estimate of drug-likeness (QED) is 0.602. The first kappa shape index (κ1) is 21.5. The molecular weight excluding hydrogens is 395 g/mol. The van der Waals surface area contributed by atoms with Crippen LogP contribution in [0.25, 0.3) is 22.5 Å². The lowest BCUT2D eigenvalue weighted by Crippen LogP contribution is -2.35. The van der Waals surface area contributed by atoms with Gasteiger partial charge < -0.3 is 4.74 Å². The maximum atomic E-state index is 12.4. The van der Waals surface area contributed by atoms with E-state index in [2.05, 4.69) is 11.3 Å². The number of carbonyl (C=O) groups is 1. The third kappa shape index (κ3) is 4.53. The summed E-state index contributed by atoms with van der Waals surface area (Å²) < 4.78 is 65.9. The van der Waals surface area contributed by atoms with Gasteiger partial charge in [-0.25, -0.2) is 4.79 Å². The summed E-state index contributed by atoms with van der Waals surface area (Å²) >= 11 is 0. The van der Waals surface area contributed by atoms with E-state index in [4.69, 9.17) is 0 Å². The summed E-state index contributed by atoms with van der Waals surface area (Å²) in [7, 11) is -5.41. The molecule has 0 radical (unpaired) electrons. The molecule has 0 saturated heterocycles. The number of rotatable bonds is 4. The summed E-state index contributed by atoms with van der Waals surface area (Å²) in [5, 5.41) is 1.59. The summed E-state index contributed by atoms with van der Waals surface area (Å²) in [4.78, 5) is 10.4.